The average Bonchev–Trinajstić information content (AvgIpc) is 2.26. The van der Waals surface area contributed by atoms with E-state index in [0.29, 0.717) is 12.8 Å². The number of carbonyl (C=O) groups is 1. The normalized spacial score (nSPS) is 11.5. The van der Waals surface area contributed by atoms with Gasteiger partial charge < -0.3 is 0 Å². The fourth-order valence-electron chi connectivity index (χ4n) is 1.54. The lowest BCUT2D eigenvalue weighted by atomic mass is 10.0. The SMILES string of the molecule is O=C(CCCC(F)(F)F)CCc1ccccc1. The van der Waals surface area contributed by atoms with Crippen molar-refractivity contribution < 1.29 is 18.0 Å². The van der Waals surface area contributed by atoms with Crippen molar-refractivity contribution in [1.29, 1.82) is 0 Å². The van der Waals surface area contributed by atoms with E-state index >= 15 is 0 Å². The molecule has 0 aliphatic carbocycles. The molecule has 0 radical (unpaired) electrons. The largest absolute Gasteiger partial charge is 0.389 e. The molecular formula is C13H15F3O. The van der Waals surface area contributed by atoms with Gasteiger partial charge in [0.05, 0.1) is 0 Å². The third kappa shape index (κ3) is 6.76. The molecule has 0 aliphatic heterocycles. The van der Waals surface area contributed by atoms with Crippen molar-refractivity contribution in [2.75, 3.05) is 0 Å². The van der Waals surface area contributed by atoms with Crippen LogP contribution in [0, 0.1) is 0 Å². The lowest BCUT2D eigenvalue weighted by Crippen LogP contribution is -2.08. The monoisotopic (exact) mass is 244 g/mol. The van der Waals surface area contributed by atoms with Crippen LogP contribution in [0.25, 0.3) is 0 Å². The van der Waals surface area contributed by atoms with Crippen LogP contribution < -0.4 is 0 Å². The molecule has 0 aliphatic rings. The van der Waals surface area contributed by atoms with Crippen molar-refractivity contribution in [2.24, 2.45) is 0 Å². The van der Waals surface area contributed by atoms with Gasteiger partial charge in [0, 0.05) is 19.3 Å². The summed E-state index contributed by atoms with van der Waals surface area (Å²) in [6.07, 6.45) is -4.18. The number of hydrogen-bond acceptors (Lipinski definition) is 1. The molecule has 0 atom stereocenters. The van der Waals surface area contributed by atoms with Gasteiger partial charge >= 0.3 is 6.18 Å². The highest BCUT2D eigenvalue weighted by molar-refractivity contribution is 5.78. The summed E-state index contributed by atoms with van der Waals surface area (Å²) >= 11 is 0. The standard InChI is InChI=1S/C13H15F3O/c14-13(15,16)10-4-7-12(17)9-8-11-5-2-1-3-6-11/h1-3,5-6H,4,7-10H2. The van der Waals surface area contributed by atoms with Crippen LogP contribution in [0.3, 0.4) is 0 Å². The highest BCUT2D eigenvalue weighted by Crippen LogP contribution is 2.22. The van der Waals surface area contributed by atoms with Gasteiger partial charge in [-0.1, -0.05) is 30.3 Å². The molecule has 1 aromatic carbocycles. The van der Waals surface area contributed by atoms with Crippen molar-refractivity contribution >= 4 is 5.78 Å². The lowest BCUT2D eigenvalue weighted by molar-refractivity contribution is -0.137. The fraction of sp³-hybridized carbons (Fsp3) is 0.462. The number of halogens is 3. The van der Waals surface area contributed by atoms with Crippen molar-refractivity contribution in [2.45, 2.75) is 38.3 Å². The molecule has 0 saturated heterocycles. The van der Waals surface area contributed by atoms with Crippen LogP contribution in [0.15, 0.2) is 30.3 Å². The summed E-state index contributed by atoms with van der Waals surface area (Å²) in [7, 11) is 0. The number of Topliss-reactive ketones (excluding diaryl/α,β-unsaturated/α-hetero) is 1. The predicted octanol–water partition coefficient (Wildman–Crippen LogP) is 3.92. The van der Waals surface area contributed by atoms with Crippen LogP contribution in [-0.2, 0) is 11.2 Å². The lowest BCUT2D eigenvalue weighted by Gasteiger charge is -2.05. The third-order valence-corrected chi connectivity index (χ3v) is 2.45. The van der Waals surface area contributed by atoms with E-state index in [1.54, 1.807) is 0 Å². The first-order valence-electron chi connectivity index (χ1n) is 5.60. The zero-order chi connectivity index (χ0) is 12.7. The van der Waals surface area contributed by atoms with Crippen LogP contribution in [0.5, 0.6) is 0 Å². The zero-order valence-corrected chi connectivity index (χ0v) is 9.46. The van der Waals surface area contributed by atoms with Gasteiger partial charge in [-0.05, 0) is 18.4 Å². The first kappa shape index (κ1) is 13.7. The summed E-state index contributed by atoms with van der Waals surface area (Å²) in [4.78, 5) is 11.3. The van der Waals surface area contributed by atoms with Gasteiger partial charge in [-0.2, -0.15) is 13.2 Å². The van der Waals surface area contributed by atoms with Crippen LogP contribution in [0.4, 0.5) is 13.2 Å². The summed E-state index contributed by atoms with van der Waals surface area (Å²) in [5.41, 5.74) is 1.04. The number of aryl methyl sites for hydroxylation is 1. The molecule has 1 nitrogen and oxygen atoms in total. The number of ketones is 1. The molecule has 0 saturated carbocycles. The van der Waals surface area contributed by atoms with E-state index in [9.17, 15) is 18.0 Å². The van der Waals surface area contributed by atoms with Crippen molar-refractivity contribution in [3.8, 4) is 0 Å². The minimum absolute atomic E-state index is 0.0202. The third-order valence-electron chi connectivity index (χ3n) is 2.45. The molecule has 17 heavy (non-hydrogen) atoms. The van der Waals surface area contributed by atoms with Gasteiger partial charge in [0.1, 0.15) is 5.78 Å². The van der Waals surface area contributed by atoms with Crippen LogP contribution in [0.1, 0.15) is 31.2 Å². The summed E-state index contributed by atoms with van der Waals surface area (Å²) in [6.45, 7) is 0. The highest BCUT2D eigenvalue weighted by Gasteiger charge is 2.26. The Morgan fingerprint density at radius 1 is 1.06 bits per heavy atom. The Kier molecular flexibility index (Phi) is 5.19. The molecule has 94 valence electrons. The van der Waals surface area contributed by atoms with Crippen molar-refractivity contribution in [3.05, 3.63) is 35.9 Å². The maximum atomic E-state index is 11.8. The molecule has 0 fully saturated rings. The van der Waals surface area contributed by atoms with E-state index in [2.05, 4.69) is 0 Å². The van der Waals surface area contributed by atoms with Crippen molar-refractivity contribution in [1.82, 2.24) is 0 Å². The Hall–Kier alpha value is -1.32. The Morgan fingerprint density at radius 2 is 1.71 bits per heavy atom. The number of alkyl halides is 3. The molecule has 0 aromatic heterocycles. The average molecular weight is 244 g/mol. The van der Waals surface area contributed by atoms with Gasteiger partial charge in [-0.15, -0.1) is 0 Å². The number of benzene rings is 1. The van der Waals surface area contributed by atoms with Gasteiger partial charge in [0.25, 0.3) is 0 Å². The molecule has 0 spiro atoms. The van der Waals surface area contributed by atoms with Gasteiger partial charge in [-0.25, -0.2) is 0 Å². The molecule has 0 bridgehead atoms. The second kappa shape index (κ2) is 6.42. The molecule has 1 aromatic rings. The summed E-state index contributed by atoms with van der Waals surface area (Å²) in [5, 5.41) is 0. The molecule has 0 heterocycles. The smallest absolute Gasteiger partial charge is 0.300 e. The maximum absolute atomic E-state index is 11.8. The number of rotatable bonds is 6. The first-order valence-corrected chi connectivity index (χ1v) is 5.60. The second-order valence-electron chi connectivity index (χ2n) is 3.99. The number of hydrogen-bond donors (Lipinski definition) is 0. The van der Waals surface area contributed by atoms with Gasteiger partial charge in [0.15, 0.2) is 0 Å². The van der Waals surface area contributed by atoms with Crippen LogP contribution >= 0.6 is 0 Å². The topological polar surface area (TPSA) is 17.1 Å². The second-order valence-corrected chi connectivity index (χ2v) is 3.99. The van der Waals surface area contributed by atoms with E-state index in [1.807, 2.05) is 30.3 Å². The predicted molar refractivity (Wildman–Crippen MR) is 59.7 cm³/mol. The summed E-state index contributed by atoms with van der Waals surface area (Å²) in [6, 6.07) is 9.45. The molecule has 0 N–H and O–H groups in total. The molecular weight excluding hydrogens is 229 g/mol. The van der Waals surface area contributed by atoms with Gasteiger partial charge in [0.2, 0.25) is 0 Å². The maximum Gasteiger partial charge on any atom is 0.389 e. The summed E-state index contributed by atoms with van der Waals surface area (Å²) < 4.78 is 35.5. The Labute approximate surface area is 98.6 Å². The van der Waals surface area contributed by atoms with Crippen LogP contribution in [-0.4, -0.2) is 12.0 Å². The van der Waals surface area contributed by atoms with Crippen molar-refractivity contribution in [3.63, 3.8) is 0 Å². The Morgan fingerprint density at radius 3 is 2.29 bits per heavy atom. The number of carbonyl (C=O) groups excluding carboxylic acids is 1. The van der Waals surface area contributed by atoms with E-state index < -0.39 is 12.6 Å². The fourth-order valence-corrected chi connectivity index (χ4v) is 1.54. The first-order chi connectivity index (χ1) is 7.97. The van der Waals surface area contributed by atoms with Gasteiger partial charge in [-0.3, -0.25) is 4.79 Å². The zero-order valence-electron chi connectivity index (χ0n) is 9.46. The van der Waals surface area contributed by atoms with E-state index in [-0.39, 0.29) is 18.6 Å². The molecule has 1 rings (SSSR count). The molecule has 0 unspecified atom stereocenters. The quantitative estimate of drug-likeness (QED) is 0.741. The molecule has 4 heteroatoms. The van der Waals surface area contributed by atoms with Crippen LogP contribution in [0.2, 0.25) is 0 Å². The Bertz CT molecular complexity index is 343. The highest BCUT2D eigenvalue weighted by atomic mass is 19.4. The molecule has 0 amide bonds. The minimum atomic E-state index is -4.15. The van der Waals surface area contributed by atoms with E-state index in [1.165, 1.54) is 0 Å². The van der Waals surface area contributed by atoms with E-state index in [0.717, 1.165) is 5.56 Å². The summed E-state index contributed by atoms with van der Waals surface area (Å²) in [5.74, 6) is -0.0990. The Balaban J connectivity index is 2.18. The van der Waals surface area contributed by atoms with E-state index in [4.69, 9.17) is 0 Å². The minimum Gasteiger partial charge on any atom is -0.300 e.